The van der Waals surface area contributed by atoms with Crippen molar-refractivity contribution in [3.05, 3.63) is 47.2 Å². The summed E-state index contributed by atoms with van der Waals surface area (Å²) >= 11 is 2.96. The molecule has 2 N–H and O–H groups in total. The van der Waals surface area contributed by atoms with Crippen LogP contribution >= 0.6 is 23.5 Å². The molecule has 0 aliphatic carbocycles. The molecule has 2 aliphatic heterocycles. The van der Waals surface area contributed by atoms with Gasteiger partial charge in [-0.15, -0.1) is 16.9 Å². The van der Waals surface area contributed by atoms with Crippen molar-refractivity contribution in [3.63, 3.8) is 0 Å². The molecule has 1 unspecified atom stereocenters. The van der Waals surface area contributed by atoms with E-state index in [2.05, 4.69) is 15.5 Å². The van der Waals surface area contributed by atoms with Crippen LogP contribution in [0.3, 0.4) is 0 Å². The average Bonchev–Trinajstić information content (AvgIpc) is 3.14. The molecule has 1 fully saturated rings. The molecule has 1 saturated heterocycles. The first kappa shape index (κ1) is 19.0. The van der Waals surface area contributed by atoms with Crippen LogP contribution < -0.4 is 5.73 Å². The van der Waals surface area contributed by atoms with Crippen LogP contribution in [0.15, 0.2) is 46.8 Å². The fraction of sp³-hybridized carbons (Fsp3) is 0.353. The van der Waals surface area contributed by atoms with Crippen molar-refractivity contribution in [1.29, 1.82) is 0 Å². The van der Waals surface area contributed by atoms with Gasteiger partial charge in [0.25, 0.3) is 0 Å². The second-order valence-electron chi connectivity index (χ2n) is 6.32. The zero-order valence-electron chi connectivity index (χ0n) is 15.0. The van der Waals surface area contributed by atoms with Gasteiger partial charge in [-0.05, 0) is 21.6 Å². The molecular formula is C17H18N6O3S2. The van der Waals surface area contributed by atoms with Gasteiger partial charge >= 0.3 is 5.97 Å². The second-order valence-corrected chi connectivity index (χ2v) is 8.37. The topological polar surface area (TPSA) is 116 Å². The molecule has 9 nitrogen and oxygen atoms in total. The van der Waals surface area contributed by atoms with E-state index in [-0.39, 0.29) is 17.9 Å². The normalized spacial score (nSPS) is 21.4. The van der Waals surface area contributed by atoms with Crippen LogP contribution in [0, 0.1) is 0 Å². The van der Waals surface area contributed by atoms with Crippen LogP contribution in [-0.4, -0.2) is 59.9 Å². The highest BCUT2D eigenvalue weighted by Crippen LogP contribution is 2.41. The van der Waals surface area contributed by atoms with Crippen LogP contribution in [0.1, 0.15) is 5.56 Å². The molecule has 1 aromatic heterocycles. The lowest BCUT2D eigenvalue weighted by molar-refractivity contribution is -0.151. The van der Waals surface area contributed by atoms with Crippen LogP contribution in [-0.2, 0) is 28.0 Å². The van der Waals surface area contributed by atoms with E-state index in [1.807, 2.05) is 30.3 Å². The maximum absolute atomic E-state index is 12.9. The summed E-state index contributed by atoms with van der Waals surface area (Å²) in [5.74, 6) is 0.298. The molecule has 4 rings (SSSR count). The maximum Gasteiger partial charge on any atom is 0.355 e. The number of hydrogen-bond donors (Lipinski definition) is 1. The molecule has 11 heteroatoms. The van der Waals surface area contributed by atoms with Gasteiger partial charge in [-0.3, -0.25) is 9.69 Å². The third-order valence-corrected chi connectivity index (χ3v) is 6.91. The zero-order valence-corrected chi connectivity index (χ0v) is 16.7. The Balaban J connectivity index is 1.54. The number of amides is 1. The summed E-state index contributed by atoms with van der Waals surface area (Å²) in [4.78, 5) is 26.7. The fourth-order valence-electron chi connectivity index (χ4n) is 2.97. The Morgan fingerprint density at radius 1 is 1.39 bits per heavy atom. The number of ether oxygens (including phenoxy) is 1. The predicted molar refractivity (Wildman–Crippen MR) is 104 cm³/mol. The fourth-order valence-corrected chi connectivity index (χ4v) is 5.25. The number of carbonyl (C=O) groups is 2. The molecule has 0 saturated carbocycles. The summed E-state index contributed by atoms with van der Waals surface area (Å²) in [7, 11) is 1.75. The van der Waals surface area contributed by atoms with E-state index in [0.29, 0.717) is 22.4 Å². The van der Waals surface area contributed by atoms with Crippen LogP contribution in [0.4, 0.5) is 0 Å². The van der Waals surface area contributed by atoms with Gasteiger partial charge in [-0.2, -0.15) is 0 Å². The molecule has 1 amide bonds. The summed E-state index contributed by atoms with van der Waals surface area (Å²) in [6, 6.07) is 8.83. The van der Waals surface area contributed by atoms with Gasteiger partial charge in [-0.1, -0.05) is 42.1 Å². The van der Waals surface area contributed by atoms with E-state index < -0.39 is 12.0 Å². The van der Waals surface area contributed by atoms with Crippen molar-refractivity contribution in [2.45, 2.75) is 23.2 Å². The van der Waals surface area contributed by atoms with Crippen molar-refractivity contribution >= 4 is 35.4 Å². The number of tetrazole rings is 1. The first-order chi connectivity index (χ1) is 13.6. The minimum absolute atomic E-state index is 0.142. The highest BCUT2D eigenvalue weighted by Gasteiger charge is 2.52. The van der Waals surface area contributed by atoms with Crippen LogP contribution in [0.5, 0.6) is 0 Å². The molecule has 0 spiro atoms. The minimum Gasteiger partial charge on any atom is -0.456 e. The average molecular weight is 419 g/mol. The largest absolute Gasteiger partial charge is 0.456 e. The molecule has 28 heavy (non-hydrogen) atoms. The molecule has 3 heterocycles. The molecular weight excluding hydrogens is 400 g/mol. The van der Waals surface area contributed by atoms with E-state index in [9.17, 15) is 9.59 Å². The quantitative estimate of drug-likeness (QED) is 0.407. The Labute approximate surface area is 169 Å². The molecule has 2 aliphatic rings. The number of hydrogen-bond acceptors (Lipinski definition) is 9. The Kier molecular flexibility index (Phi) is 5.38. The Morgan fingerprint density at radius 3 is 2.89 bits per heavy atom. The summed E-state index contributed by atoms with van der Waals surface area (Å²) in [6.45, 7) is 0.142. The Bertz CT molecular complexity index is 932. The van der Waals surface area contributed by atoms with Crippen molar-refractivity contribution in [2.24, 2.45) is 12.8 Å². The van der Waals surface area contributed by atoms with Gasteiger partial charge in [0.2, 0.25) is 11.1 Å². The Hall–Kier alpha value is -2.37. The summed E-state index contributed by atoms with van der Waals surface area (Å²) < 4.78 is 7.06. The highest BCUT2D eigenvalue weighted by molar-refractivity contribution is 8.01. The predicted octanol–water partition coefficient (Wildman–Crippen LogP) is 0.542. The minimum atomic E-state index is -0.584. The second kappa shape index (κ2) is 7.94. The lowest BCUT2D eigenvalue weighted by atomic mass is 10.0. The van der Waals surface area contributed by atoms with Gasteiger partial charge < -0.3 is 10.5 Å². The molecule has 2 aromatic rings. The molecule has 0 radical (unpaired) electrons. The number of carbonyl (C=O) groups excluding carboxylic acids is 2. The van der Waals surface area contributed by atoms with E-state index in [1.54, 1.807) is 23.5 Å². The maximum atomic E-state index is 12.9. The third-order valence-electron chi connectivity index (χ3n) is 4.45. The smallest absolute Gasteiger partial charge is 0.355 e. The van der Waals surface area contributed by atoms with E-state index in [4.69, 9.17) is 10.5 Å². The van der Waals surface area contributed by atoms with Gasteiger partial charge in [0, 0.05) is 18.6 Å². The Morgan fingerprint density at radius 2 is 2.18 bits per heavy atom. The molecule has 146 valence electrons. The van der Waals surface area contributed by atoms with E-state index >= 15 is 0 Å². The number of nitrogens with zero attached hydrogens (tertiary/aromatic N) is 5. The van der Waals surface area contributed by atoms with Crippen molar-refractivity contribution in [2.75, 3.05) is 11.5 Å². The lowest BCUT2D eigenvalue weighted by Gasteiger charge is -2.48. The molecule has 2 atom stereocenters. The van der Waals surface area contributed by atoms with E-state index in [0.717, 1.165) is 11.1 Å². The van der Waals surface area contributed by atoms with Crippen molar-refractivity contribution in [3.8, 4) is 0 Å². The standard InChI is InChI=1S/C17H18N6O3S2/c1-22-17(19-20-21-22)28-9-11-8-27-15-12(18)14(24)23(15)13(11)16(25)26-7-10-5-3-2-4-6-10/h2-6,12,15H,7-9,18H2,1H3/t12?,15-/m1/s1. The van der Waals surface area contributed by atoms with Gasteiger partial charge in [0.1, 0.15) is 23.7 Å². The lowest BCUT2D eigenvalue weighted by Crippen LogP contribution is -2.68. The summed E-state index contributed by atoms with van der Waals surface area (Å²) in [5.41, 5.74) is 7.89. The van der Waals surface area contributed by atoms with Crippen molar-refractivity contribution < 1.29 is 14.3 Å². The third kappa shape index (κ3) is 3.52. The summed E-state index contributed by atoms with van der Waals surface area (Å²) in [5, 5.41) is 11.8. The zero-order chi connectivity index (χ0) is 19.7. The number of rotatable bonds is 6. The van der Waals surface area contributed by atoms with E-state index in [1.165, 1.54) is 16.7 Å². The molecule has 0 bridgehead atoms. The van der Waals surface area contributed by atoms with Gasteiger partial charge in [-0.25, -0.2) is 9.48 Å². The highest BCUT2D eigenvalue weighted by atomic mass is 32.2. The number of aryl methyl sites for hydroxylation is 1. The number of fused-ring (bicyclic) bond motifs is 1. The monoisotopic (exact) mass is 418 g/mol. The first-order valence-electron chi connectivity index (χ1n) is 8.54. The van der Waals surface area contributed by atoms with Gasteiger partial charge in [0.05, 0.1) is 0 Å². The number of aromatic nitrogens is 4. The SMILES string of the molecule is Cn1nnnc1SCC1=C(C(=O)OCc2ccccc2)N2C(=O)C(N)[C@H]2SC1. The number of nitrogens with two attached hydrogens (primary N) is 1. The number of thioether (sulfide) groups is 2. The number of β-lactam (4-membered cyclic amide) rings is 1. The molecule has 1 aromatic carbocycles. The first-order valence-corrected chi connectivity index (χ1v) is 10.6. The van der Waals surface area contributed by atoms with Crippen molar-refractivity contribution in [1.82, 2.24) is 25.1 Å². The van der Waals surface area contributed by atoms with Gasteiger partial charge in [0.15, 0.2) is 0 Å². The summed E-state index contributed by atoms with van der Waals surface area (Å²) in [6.07, 6.45) is 0. The van der Waals surface area contributed by atoms with Crippen LogP contribution in [0.25, 0.3) is 0 Å². The number of benzene rings is 1. The van der Waals surface area contributed by atoms with Crippen LogP contribution in [0.2, 0.25) is 0 Å². The number of esters is 1.